The third kappa shape index (κ3) is 2.45. The highest BCUT2D eigenvalue weighted by atomic mass is 16.5. The van der Waals surface area contributed by atoms with Crippen LogP contribution >= 0.6 is 0 Å². The van der Waals surface area contributed by atoms with Crippen LogP contribution in [0.15, 0.2) is 0 Å². The Labute approximate surface area is 85.0 Å². The lowest BCUT2D eigenvalue weighted by atomic mass is 9.99. The monoisotopic (exact) mass is 201 g/mol. The summed E-state index contributed by atoms with van der Waals surface area (Å²) in [4.78, 5) is 11.7. The molecule has 1 unspecified atom stereocenters. The first-order chi connectivity index (χ1) is 6.75. The molecule has 1 rings (SSSR count). The lowest BCUT2D eigenvalue weighted by molar-refractivity contribution is -0.151. The molecule has 1 saturated heterocycles. The number of rotatable bonds is 5. The van der Waals surface area contributed by atoms with Crippen molar-refractivity contribution in [3.8, 4) is 0 Å². The second-order valence-corrected chi connectivity index (χ2v) is 3.53. The minimum absolute atomic E-state index is 0.175. The third-order valence-corrected chi connectivity index (χ3v) is 2.40. The first-order valence-corrected chi connectivity index (χ1v) is 5.25. The highest BCUT2D eigenvalue weighted by Gasteiger charge is 2.42. The lowest BCUT2D eigenvalue weighted by Crippen LogP contribution is -2.53. The third-order valence-electron chi connectivity index (χ3n) is 2.40. The van der Waals surface area contributed by atoms with E-state index in [4.69, 9.17) is 9.47 Å². The maximum atomic E-state index is 11.7. The SMILES string of the molecule is CCCNC1(C(=O)OCC)CCOC1. The van der Waals surface area contributed by atoms with Gasteiger partial charge in [-0.1, -0.05) is 6.92 Å². The summed E-state index contributed by atoms with van der Waals surface area (Å²) < 4.78 is 10.3. The normalized spacial score (nSPS) is 26.4. The fraction of sp³-hybridized carbons (Fsp3) is 0.900. The molecule has 0 aromatic rings. The van der Waals surface area contributed by atoms with Gasteiger partial charge in [-0.15, -0.1) is 0 Å². The largest absolute Gasteiger partial charge is 0.465 e. The summed E-state index contributed by atoms with van der Waals surface area (Å²) in [5.74, 6) is -0.175. The molecule has 1 aliphatic heterocycles. The Kier molecular flexibility index (Phi) is 4.35. The van der Waals surface area contributed by atoms with E-state index in [1.807, 2.05) is 6.92 Å². The Bertz CT molecular complexity index is 188. The van der Waals surface area contributed by atoms with Gasteiger partial charge in [0.25, 0.3) is 0 Å². The van der Waals surface area contributed by atoms with E-state index in [-0.39, 0.29) is 5.97 Å². The van der Waals surface area contributed by atoms with E-state index in [1.165, 1.54) is 0 Å². The van der Waals surface area contributed by atoms with Crippen LogP contribution in [0.3, 0.4) is 0 Å². The maximum Gasteiger partial charge on any atom is 0.328 e. The molecule has 0 bridgehead atoms. The van der Waals surface area contributed by atoms with Crippen molar-refractivity contribution >= 4 is 5.97 Å². The minimum Gasteiger partial charge on any atom is -0.465 e. The molecule has 0 aromatic carbocycles. The molecule has 4 heteroatoms. The molecule has 1 heterocycles. The Morgan fingerprint density at radius 1 is 1.57 bits per heavy atom. The molecule has 0 saturated carbocycles. The molecule has 0 aromatic heterocycles. The lowest BCUT2D eigenvalue weighted by Gasteiger charge is -2.25. The van der Waals surface area contributed by atoms with Gasteiger partial charge in [0.1, 0.15) is 5.54 Å². The minimum atomic E-state index is -0.577. The summed E-state index contributed by atoms with van der Waals surface area (Å²) in [5.41, 5.74) is -0.577. The second kappa shape index (κ2) is 5.32. The summed E-state index contributed by atoms with van der Waals surface area (Å²) in [6.45, 7) is 6.21. The molecule has 0 spiro atoms. The Morgan fingerprint density at radius 3 is 2.86 bits per heavy atom. The molecule has 0 radical (unpaired) electrons. The smallest absolute Gasteiger partial charge is 0.328 e. The summed E-state index contributed by atoms with van der Waals surface area (Å²) in [7, 11) is 0. The first kappa shape index (κ1) is 11.5. The van der Waals surface area contributed by atoms with Crippen molar-refractivity contribution in [3.63, 3.8) is 0 Å². The molecule has 0 aliphatic carbocycles. The van der Waals surface area contributed by atoms with Crippen LogP contribution in [0, 0.1) is 0 Å². The van der Waals surface area contributed by atoms with Gasteiger partial charge in [0.2, 0.25) is 0 Å². The van der Waals surface area contributed by atoms with Gasteiger partial charge in [0.05, 0.1) is 13.2 Å². The standard InChI is InChI=1S/C10H19NO3/c1-3-6-11-10(5-7-13-8-10)9(12)14-4-2/h11H,3-8H2,1-2H3. The quantitative estimate of drug-likeness (QED) is 0.665. The molecule has 14 heavy (non-hydrogen) atoms. The Balaban J connectivity index is 2.56. The van der Waals surface area contributed by atoms with Crippen molar-refractivity contribution in [2.45, 2.75) is 32.2 Å². The summed E-state index contributed by atoms with van der Waals surface area (Å²) in [6.07, 6.45) is 1.72. The van der Waals surface area contributed by atoms with E-state index in [9.17, 15) is 4.79 Å². The number of hydrogen-bond donors (Lipinski definition) is 1. The van der Waals surface area contributed by atoms with E-state index in [2.05, 4.69) is 12.2 Å². The number of carbonyl (C=O) groups is 1. The van der Waals surface area contributed by atoms with E-state index in [1.54, 1.807) is 0 Å². The van der Waals surface area contributed by atoms with E-state index in [0.29, 0.717) is 26.2 Å². The number of esters is 1. The van der Waals surface area contributed by atoms with Crippen LogP contribution < -0.4 is 5.32 Å². The van der Waals surface area contributed by atoms with Crippen molar-refractivity contribution in [2.75, 3.05) is 26.4 Å². The molecule has 1 N–H and O–H groups in total. The highest BCUT2D eigenvalue weighted by molar-refractivity contribution is 5.81. The Hall–Kier alpha value is -0.610. The molecular weight excluding hydrogens is 182 g/mol. The van der Waals surface area contributed by atoms with E-state index < -0.39 is 5.54 Å². The van der Waals surface area contributed by atoms with Gasteiger partial charge in [0.15, 0.2) is 0 Å². The zero-order valence-corrected chi connectivity index (χ0v) is 8.97. The zero-order chi connectivity index (χ0) is 10.4. The maximum absolute atomic E-state index is 11.7. The van der Waals surface area contributed by atoms with Crippen molar-refractivity contribution in [1.29, 1.82) is 0 Å². The van der Waals surface area contributed by atoms with Crippen LogP contribution in [-0.4, -0.2) is 37.9 Å². The van der Waals surface area contributed by atoms with Crippen LogP contribution in [0.4, 0.5) is 0 Å². The van der Waals surface area contributed by atoms with Crippen molar-refractivity contribution in [3.05, 3.63) is 0 Å². The molecule has 1 aliphatic rings. The predicted octanol–water partition coefficient (Wildman–Crippen LogP) is 0.708. The first-order valence-electron chi connectivity index (χ1n) is 5.25. The highest BCUT2D eigenvalue weighted by Crippen LogP contribution is 2.20. The van der Waals surface area contributed by atoms with Crippen LogP contribution in [0.2, 0.25) is 0 Å². The molecular formula is C10H19NO3. The number of carbonyl (C=O) groups excluding carboxylic acids is 1. The number of ether oxygens (including phenoxy) is 2. The van der Waals surface area contributed by atoms with E-state index in [0.717, 1.165) is 13.0 Å². The van der Waals surface area contributed by atoms with Gasteiger partial charge in [-0.05, 0) is 19.9 Å². The summed E-state index contributed by atoms with van der Waals surface area (Å²) >= 11 is 0. The number of nitrogens with one attached hydrogen (secondary N) is 1. The van der Waals surface area contributed by atoms with Gasteiger partial charge in [-0.3, -0.25) is 5.32 Å². The molecule has 4 nitrogen and oxygen atoms in total. The average Bonchev–Trinajstić information content (AvgIpc) is 2.65. The van der Waals surface area contributed by atoms with Gasteiger partial charge >= 0.3 is 5.97 Å². The van der Waals surface area contributed by atoms with Crippen molar-refractivity contribution < 1.29 is 14.3 Å². The molecule has 82 valence electrons. The van der Waals surface area contributed by atoms with Crippen LogP contribution in [0.5, 0.6) is 0 Å². The number of hydrogen-bond acceptors (Lipinski definition) is 4. The van der Waals surface area contributed by atoms with Crippen molar-refractivity contribution in [2.24, 2.45) is 0 Å². The van der Waals surface area contributed by atoms with Gasteiger partial charge < -0.3 is 9.47 Å². The topological polar surface area (TPSA) is 47.6 Å². The molecule has 0 amide bonds. The molecule has 1 fully saturated rings. The average molecular weight is 201 g/mol. The van der Waals surface area contributed by atoms with Crippen LogP contribution in [0.25, 0.3) is 0 Å². The zero-order valence-electron chi connectivity index (χ0n) is 8.97. The van der Waals surface area contributed by atoms with Crippen LogP contribution in [0.1, 0.15) is 26.7 Å². The predicted molar refractivity (Wildman–Crippen MR) is 53.1 cm³/mol. The fourth-order valence-electron chi connectivity index (χ4n) is 1.57. The van der Waals surface area contributed by atoms with Crippen LogP contribution in [-0.2, 0) is 14.3 Å². The van der Waals surface area contributed by atoms with Gasteiger partial charge in [-0.2, -0.15) is 0 Å². The second-order valence-electron chi connectivity index (χ2n) is 3.53. The summed E-state index contributed by atoms with van der Waals surface area (Å²) in [6, 6.07) is 0. The fourth-order valence-corrected chi connectivity index (χ4v) is 1.57. The van der Waals surface area contributed by atoms with E-state index >= 15 is 0 Å². The van der Waals surface area contributed by atoms with Crippen molar-refractivity contribution in [1.82, 2.24) is 5.32 Å². The summed E-state index contributed by atoms with van der Waals surface area (Å²) in [5, 5.41) is 3.23. The van der Waals surface area contributed by atoms with Gasteiger partial charge in [-0.25, -0.2) is 4.79 Å². The van der Waals surface area contributed by atoms with Gasteiger partial charge in [0, 0.05) is 13.0 Å². The molecule has 1 atom stereocenters. The Morgan fingerprint density at radius 2 is 2.36 bits per heavy atom.